The number of aromatic amines is 1. The molecule has 7 nitrogen and oxygen atoms in total. The Hall–Kier alpha value is -4.39. The van der Waals surface area contributed by atoms with Crippen molar-refractivity contribution in [3.8, 4) is 0 Å². The van der Waals surface area contributed by atoms with Crippen molar-refractivity contribution in [3.05, 3.63) is 107 Å². The molecule has 7 heteroatoms. The molecule has 4 aromatic rings. The van der Waals surface area contributed by atoms with Crippen molar-refractivity contribution < 1.29 is 14.4 Å². The zero-order valence-corrected chi connectivity index (χ0v) is 22.8. The van der Waals surface area contributed by atoms with Crippen LogP contribution in [0.5, 0.6) is 0 Å². The van der Waals surface area contributed by atoms with Gasteiger partial charge in [0.15, 0.2) is 0 Å². The first-order valence-corrected chi connectivity index (χ1v) is 14.1. The van der Waals surface area contributed by atoms with Gasteiger partial charge >= 0.3 is 0 Å². The zero-order valence-electron chi connectivity index (χ0n) is 22.8. The number of para-hydroxylation sites is 1. The molecule has 4 atom stereocenters. The number of nitrogens with zero attached hydrogens (tertiary/aromatic N) is 1. The normalized spacial score (nSPS) is 18.9. The van der Waals surface area contributed by atoms with E-state index in [0.29, 0.717) is 24.9 Å². The van der Waals surface area contributed by atoms with E-state index in [1.807, 2.05) is 86.6 Å². The number of amides is 3. The molecule has 0 saturated heterocycles. The average Bonchev–Trinajstić information content (AvgIpc) is 3.51. The van der Waals surface area contributed by atoms with Crippen LogP contribution < -0.4 is 10.6 Å². The molecular formula is C33H34N4O3. The van der Waals surface area contributed by atoms with Crippen molar-refractivity contribution in [2.45, 2.75) is 51.2 Å². The molecule has 40 heavy (non-hydrogen) atoms. The minimum atomic E-state index is -0.736. The number of benzene rings is 3. The SMILES string of the molecule is CC[C@H](C)[C@H](NC(=O)[C@@H]1Cc2c([nH]c3ccccc23)[C@H]2c3ccccc3C(=O)N21)C(=O)NCCc1ccccc1. The van der Waals surface area contributed by atoms with E-state index in [4.69, 9.17) is 0 Å². The van der Waals surface area contributed by atoms with Gasteiger partial charge in [-0.3, -0.25) is 14.4 Å². The van der Waals surface area contributed by atoms with E-state index >= 15 is 0 Å². The summed E-state index contributed by atoms with van der Waals surface area (Å²) < 4.78 is 0. The van der Waals surface area contributed by atoms with Crippen molar-refractivity contribution in [3.63, 3.8) is 0 Å². The summed E-state index contributed by atoms with van der Waals surface area (Å²) in [7, 11) is 0. The Morgan fingerprint density at radius 1 is 1.00 bits per heavy atom. The van der Waals surface area contributed by atoms with Crippen LogP contribution in [0.1, 0.15) is 59.1 Å². The van der Waals surface area contributed by atoms with Gasteiger partial charge in [0.1, 0.15) is 12.1 Å². The van der Waals surface area contributed by atoms with Gasteiger partial charge in [0.25, 0.3) is 5.91 Å². The van der Waals surface area contributed by atoms with E-state index in [-0.39, 0.29) is 29.7 Å². The zero-order chi connectivity index (χ0) is 27.8. The molecule has 3 aromatic carbocycles. The summed E-state index contributed by atoms with van der Waals surface area (Å²) in [6, 6.07) is 23.8. The van der Waals surface area contributed by atoms with Crippen LogP contribution in [0.4, 0.5) is 0 Å². The van der Waals surface area contributed by atoms with Gasteiger partial charge in [-0.15, -0.1) is 0 Å². The van der Waals surface area contributed by atoms with Crippen LogP contribution in [0.15, 0.2) is 78.9 Å². The summed E-state index contributed by atoms with van der Waals surface area (Å²) in [6.07, 6.45) is 1.82. The Morgan fingerprint density at radius 3 is 2.52 bits per heavy atom. The number of hydrogen-bond acceptors (Lipinski definition) is 3. The lowest BCUT2D eigenvalue weighted by Crippen LogP contribution is -2.58. The first kappa shape index (κ1) is 25.9. The number of aromatic nitrogens is 1. The van der Waals surface area contributed by atoms with Crippen molar-refractivity contribution in [2.75, 3.05) is 6.54 Å². The van der Waals surface area contributed by atoms with Gasteiger partial charge in [0.2, 0.25) is 11.8 Å². The van der Waals surface area contributed by atoms with Gasteiger partial charge in [-0.25, -0.2) is 0 Å². The van der Waals surface area contributed by atoms with Crippen LogP contribution in [0.3, 0.4) is 0 Å². The number of hydrogen-bond donors (Lipinski definition) is 3. The third-order valence-corrected chi connectivity index (χ3v) is 8.50. The van der Waals surface area contributed by atoms with E-state index in [2.05, 4.69) is 21.7 Å². The second-order valence-electron chi connectivity index (χ2n) is 10.9. The fourth-order valence-corrected chi connectivity index (χ4v) is 6.17. The Balaban J connectivity index is 1.28. The van der Waals surface area contributed by atoms with Gasteiger partial charge in [-0.1, -0.05) is 87.0 Å². The molecule has 0 bridgehead atoms. The maximum absolute atomic E-state index is 14.0. The summed E-state index contributed by atoms with van der Waals surface area (Å²) in [4.78, 5) is 46.3. The van der Waals surface area contributed by atoms with Crippen molar-refractivity contribution in [1.29, 1.82) is 0 Å². The number of rotatable bonds is 8. The maximum Gasteiger partial charge on any atom is 0.255 e. The molecule has 204 valence electrons. The highest BCUT2D eigenvalue weighted by atomic mass is 16.2. The smallest absolute Gasteiger partial charge is 0.255 e. The van der Waals surface area contributed by atoms with Gasteiger partial charge in [0, 0.05) is 35.1 Å². The Kier molecular flexibility index (Phi) is 6.88. The Morgan fingerprint density at radius 2 is 1.73 bits per heavy atom. The van der Waals surface area contributed by atoms with Crippen LogP contribution in [0.2, 0.25) is 0 Å². The lowest BCUT2D eigenvalue weighted by molar-refractivity contribution is -0.133. The number of carbonyl (C=O) groups excluding carboxylic acids is 3. The van der Waals surface area contributed by atoms with Crippen LogP contribution in [-0.2, 0) is 22.4 Å². The molecule has 0 fully saturated rings. The highest BCUT2D eigenvalue weighted by Crippen LogP contribution is 2.46. The largest absolute Gasteiger partial charge is 0.356 e. The lowest BCUT2D eigenvalue weighted by Gasteiger charge is -2.38. The molecule has 3 heterocycles. The van der Waals surface area contributed by atoms with Crippen molar-refractivity contribution in [2.24, 2.45) is 5.92 Å². The topological polar surface area (TPSA) is 94.3 Å². The molecule has 0 radical (unpaired) electrons. The molecule has 2 aliphatic rings. The first-order chi connectivity index (χ1) is 19.5. The van der Waals surface area contributed by atoms with Crippen LogP contribution in [0.25, 0.3) is 10.9 Å². The van der Waals surface area contributed by atoms with Gasteiger partial charge in [-0.2, -0.15) is 0 Å². The van der Waals surface area contributed by atoms with E-state index in [9.17, 15) is 14.4 Å². The number of H-pyrrole nitrogens is 1. The maximum atomic E-state index is 14.0. The summed E-state index contributed by atoms with van der Waals surface area (Å²) in [5.74, 6) is -0.729. The second-order valence-corrected chi connectivity index (χ2v) is 10.9. The summed E-state index contributed by atoms with van der Waals surface area (Å²) in [5.41, 5.74) is 5.65. The third kappa shape index (κ3) is 4.45. The minimum Gasteiger partial charge on any atom is -0.356 e. The van der Waals surface area contributed by atoms with E-state index in [1.165, 1.54) is 0 Å². The highest BCUT2D eigenvalue weighted by Gasteiger charge is 2.49. The molecule has 2 aliphatic heterocycles. The van der Waals surface area contributed by atoms with Crippen molar-refractivity contribution in [1.82, 2.24) is 20.5 Å². The number of fused-ring (bicyclic) bond motifs is 7. The Labute approximate surface area is 234 Å². The quantitative estimate of drug-likeness (QED) is 0.310. The van der Waals surface area contributed by atoms with E-state index < -0.39 is 12.1 Å². The first-order valence-electron chi connectivity index (χ1n) is 14.1. The monoisotopic (exact) mass is 534 g/mol. The van der Waals surface area contributed by atoms with Gasteiger partial charge < -0.3 is 20.5 Å². The highest BCUT2D eigenvalue weighted by molar-refractivity contribution is 6.04. The van der Waals surface area contributed by atoms with Crippen LogP contribution >= 0.6 is 0 Å². The standard InChI is InChI=1S/C33H34N4O3/c1-3-20(2)28(32(39)34-18-17-21-11-5-4-6-12-21)36-31(38)27-19-25-22-13-9-10-16-26(22)35-29(25)30-23-14-7-8-15-24(23)33(40)37(27)30/h4-16,20,27-28,30,35H,3,17-19H2,1-2H3,(H,34,39)(H,36,38)/t20-,27-,28-,30+/m0/s1. The fourth-order valence-electron chi connectivity index (χ4n) is 6.17. The average molecular weight is 535 g/mol. The summed E-state index contributed by atoms with van der Waals surface area (Å²) >= 11 is 0. The molecule has 3 amide bonds. The summed E-state index contributed by atoms with van der Waals surface area (Å²) in [6.45, 7) is 4.46. The Bertz CT molecular complexity index is 1580. The van der Waals surface area contributed by atoms with Crippen LogP contribution in [-0.4, -0.2) is 46.2 Å². The molecule has 3 N–H and O–H groups in total. The van der Waals surface area contributed by atoms with Crippen molar-refractivity contribution >= 4 is 28.6 Å². The molecule has 0 unspecified atom stereocenters. The van der Waals surface area contributed by atoms with Gasteiger partial charge in [0.05, 0.1) is 6.04 Å². The number of nitrogens with one attached hydrogen (secondary N) is 3. The van der Waals surface area contributed by atoms with Crippen LogP contribution in [0, 0.1) is 5.92 Å². The van der Waals surface area contributed by atoms with E-state index in [0.717, 1.165) is 39.7 Å². The molecule has 0 saturated carbocycles. The second kappa shape index (κ2) is 10.6. The molecular weight excluding hydrogens is 500 g/mol. The predicted molar refractivity (Wildman–Crippen MR) is 155 cm³/mol. The summed E-state index contributed by atoms with van der Waals surface area (Å²) in [5, 5.41) is 7.14. The predicted octanol–water partition coefficient (Wildman–Crippen LogP) is 4.53. The van der Waals surface area contributed by atoms with E-state index in [1.54, 1.807) is 4.90 Å². The molecule has 1 aromatic heterocycles. The molecule has 0 aliphatic carbocycles. The minimum absolute atomic E-state index is 0.0739. The fraction of sp³-hybridized carbons (Fsp3) is 0.303. The number of carbonyl (C=O) groups is 3. The third-order valence-electron chi connectivity index (χ3n) is 8.50. The molecule has 0 spiro atoms. The molecule has 6 rings (SSSR count). The lowest BCUT2D eigenvalue weighted by atomic mass is 9.89. The van der Waals surface area contributed by atoms with Gasteiger partial charge in [-0.05, 0) is 41.2 Å².